The smallest absolute Gasteiger partial charge is 0.349 e. The van der Waals surface area contributed by atoms with Gasteiger partial charge in [0.2, 0.25) is 0 Å². The second kappa shape index (κ2) is 9.94. The first-order valence-corrected chi connectivity index (χ1v) is 9.70. The van der Waals surface area contributed by atoms with Crippen molar-refractivity contribution >= 4 is 35.2 Å². The summed E-state index contributed by atoms with van der Waals surface area (Å²) in [7, 11) is 0. The number of hydrogen-bond acceptors (Lipinski definition) is 4. The summed E-state index contributed by atoms with van der Waals surface area (Å²) in [5, 5.41) is 12.6. The number of rotatable bonds is 7. The summed E-state index contributed by atoms with van der Waals surface area (Å²) >= 11 is 5.82. The van der Waals surface area contributed by atoms with Crippen molar-refractivity contribution in [3.05, 3.63) is 57.9 Å². The molecule has 1 unspecified atom stereocenters. The number of nitriles is 1. The van der Waals surface area contributed by atoms with Gasteiger partial charge in [-0.3, -0.25) is 4.79 Å². The number of halogens is 1. The minimum atomic E-state index is -1.07. The van der Waals surface area contributed by atoms with Crippen LogP contribution in [0.4, 0.5) is 5.69 Å². The molecule has 6 nitrogen and oxygen atoms in total. The first-order valence-electron chi connectivity index (χ1n) is 9.32. The lowest BCUT2D eigenvalue weighted by molar-refractivity contribution is -0.148. The topological polar surface area (TPSA) is 84.1 Å². The molecule has 2 aromatic rings. The van der Waals surface area contributed by atoms with Crippen molar-refractivity contribution in [3.8, 4) is 6.07 Å². The third-order valence-electron chi connectivity index (χ3n) is 4.47. The van der Waals surface area contributed by atoms with Crippen molar-refractivity contribution in [1.29, 1.82) is 5.26 Å². The number of nitrogens with one attached hydrogen (secondary N) is 1. The van der Waals surface area contributed by atoms with Crippen LogP contribution in [0, 0.1) is 25.2 Å². The largest absolute Gasteiger partial charge is 0.448 e. The Labute approximate surface area is 175 Å². The number of carbonyl (C=O) groups excluding carboxylic acids is 2. The number of hydrogen-bond donors (Lipinski definition) is 1. The molecule has 1 aromatic carbocycles. The van der Waals surface area contributed by atoms with E-state index in [-0.39, 0.29) is 5.57 Å². The summed E-state index contributed by atoms with van der Waals surface area (Å²) in [6, 6.07) is 10.3. The van der Waals surface area contributed by atoms with Gasteiger partial charge in [0.15, 0.2) is 6.10 Å². The summed E-state index contributed by atoms with van der Waals surface area (Å²) in [5.41, 5.74) is 3.17. The predicted molar refractivity (Wildman–Crippen MR) is 113 cm³/mol. The third-order valence-corrected chi connectivity index (χ3v) is 4.72. The molecule has 0 saturated carbocycles. The van der Waals surface area contributed by atoms with Crippen LogP contribution in [0.15, 0.2) is 35.9 Å². The monoisotopic (exact) mass is 413 g/mol. The fourth-order valence-electron chi connectivity index (χ4n) is 2.89. The van der Waals surface area contributed by atoms with E-state index >= 15 is 0 Å². The number of aromatic nitrogens is 1. The molecule has 1 aromatic heterocycles. The molecule has 1 atom stereocenters. The number of carbonyl (C=O) groups is 2. The molecule has 0 saturated heterocycles. The molecule has 0 aliphatic heterocycles. The predicted octanol–water partition coefficient (Wildman–Crippen LogP) is 4.65. The molecule has 0 spiro atoms. The van der Waals surface area contributed by atoms with Crippen LogP contribution >= 0.6 is 11.6 Å². The molecule has 0 fully saturated rings. The van der Waals surface area contributed by atoms with Crippen molar-refractivity contribution in [3.63, 3.8) is 0 Å². The van der Waals surface area contributed by atoms with E-state index in [1.165, 1.54) is 13.0 Å². The number of benzene rings is 1. The van der Waals surface area contributed by atoms with Crippen molar-refractivity contribution in [2.45, 2.75) is 46.8 Å². The van der Waals surface area contributed by atoms with Crippen LogP contribution in [0.3, 0.4) is 0 Å². The van der Waals surface area contributed by atoms with Gasteiger partial charge in [-0.05, 0) is 69.2 Å². The summed E-state index contributed by atoms with van der Waals surface area (Å²) in [6.07, 6.45) is 1.41. The van der Waals surface area contributed by atoms with Crippen molar-refractivity contribution < 1.29 is 14.3 Å². The number of nitrogens with zero attached hydrogens (tertiary/aromatic N) is 2. The average Bonchev–Trinajstić information content (AvgIpc) is 2.95. The molecule has 1 heterocycles. The molecule has 2 rings (SSSR count). The molecular formula is C22H24ClN3O3. The summed E-state index contributed by atoms with van der Waals surface area (Å²) in [5.74, 6) is -1.34. The second-order valence-electron chi connectivity index (χ2n) is 6.69. The highest BCUT2D eigenvalue weighted by molar-refractivity contribution is 6.30. The van der Waals surface area contributed by atoms with Crippen molar-refractivity contribution in [2.75, 3.05) is 5.32 Å². The second-order valence-corrected chi connectivity index (χ2v) is 7.13. The third kappa shape index (κ3) is 5.72. The Balaban J connectivity index is 2.10. The van der Waals surface area contributed by atoms with Gasteiger partial charge in [-0.2, -0.15) is 5.26 Å². The lowest BCUT2D eigenvalue weighted by Crippen LogP contribution is -2.30. The molecule has 0 aliphatic rings. The number of esters is 1. The van der Waals surface area contributed by atoms with Crippen LogP contribution in [0.2, 0.25) is 5.02 Å². The summed E-state index contributed by atoms with van der Waals surface area (Å²) in [4.78, 5) is 24.7. The van der Waals surface area contributed by atoms with E-state index in [1.54, 1.807) is 24.3 Å². The Hall–Kier alpha value is -3.04. The van der Waals surface area contributed by atoms with Crippen LogP contribution in [-0.2, 0) is 20.9 Å². The van der Waals surface area contributed by atoms with E-state index in [0.717, 1.165) is 29.9 Å². The van der Waals surface area contributed by atoms with Crippen LogP contribution in [0.25, 0.3) is 6.08 Å². The molecule has 152 valence electrons. The van der Waals surface area contributed by atoms with Gasteiger partial charge in [-0.1, -0.05) is 18.5 Å². The Morgan fingerprint density at radius 2 is 1.97 bits per heavy atom. The van der Waals surface area contributed by atoms with Crippen LogP contribution in [0.1, 0.15) is 37.2 Å². The van der Waals surface area contributed by atoms with Gasteiger partial charge in [0, 0.05) is 28.6 Å². The van der Waals surface area contributed by atoms with Crippen LogP contribution in [-0.4, -0.2) is 22.5 Å². The molecule has 1 amide bonds. The number of ether oxygens (including phenoxy) is 1. The summed E-state index contributed by atoms with van der Waals surface area (Å²) < 4.78 is 7.32. The standard InChI is InChI=1S/C22H24ClN3O3/c1-5-10-26-14(2)11-17(15(26)3)12-18(13-24)22(28)29-16(4)21(27)25-20-8-6-19(23)7-9-20/h6-9,11-12,16H,5,10H2,1-4H3,(H,25,27)/b18-12+. The zero-order valence-electron chi connectivity index (χ0n) is 17.0. The average molecular weight is 414 g/mol. The van der Waals surface area contributed by atoms with E-state index < -0.39 is 18.0 Å². The van der Waals surface area contributed by atoms with Crippen LogP contribution < -0.4 is 5.32 Å². The molecule has 0 radical (unpaired) electrons. The van der Waals surface area contributed by atoms with E-state index in [4.69, 9.17) is 16.3 Å². The van der Waals surface area contributed by atoms with Gasteiger partial charge < -0.3 is 14.6 Å². The molecule has 0 bridgehead atoms. The van der Waals surface area contributed by atoms with Gasteiger partial charge in [0.05, 0.1) is 0 Å². The zero-order valence-corrected chi connectivity index (χ0v) is 17.7. The Bertz CT molecular complexity index is 968. The molecule has 0 aliphatic carbocycles. The summed E-state index contributed by atoms with van der Waals surface area (Å²) in [6.45, 7) is 8.32. The lowest BCUT2D eigenvalue weighted by atomic mass is 10.1. The van der Waals surface area contributed by atoms with Crippen LogP contribution in [0.5, 0.6) is 0 Å². The van der Waals surface area contributed by atoms with Gasteiger partial charge in [0.25, 0.3) is 5.91 Å². The van der Waals surface area contributed by atoms with E-state index in [2.05, 4.69) is 16.8 Å². The zero-order chi connectivity index (χ0) is 21.6. The first-order chi connectivity index (χ1) is 13.8. The lowest BCUT2D eigenvalue weighted by Gasteiger charge is -2.13. The number of amides is 1. The maximum Gasteiger partial charge on any atom is 0.349 e. The highest BCUT2D eigenvalue weighted by atomic mass is 35.5. The highest BCUT2D eigenvalue weighted by Gasteiger charge is 2.21. The maximum atomic E-state index is 12.4. The number of aryl methyl sites for hydroxylation is 1. The fraction of sp³-hybridized carbons (Fsp3) is 0.318. The molecule has 1 N–H and O–H groups in total. The quantitative estimate of drug-likeness (QED) is 0.407. The van der Waals surface area contributed by atoms with Gasteiger partial charge in [-0.15, -0.1) is 0 Å². The Morgan fingerprint density at radius 1 is 1.31 bits per heavy atom. The van der Waals surface area contributed by atoms with E-state index in [0.29, 0.717) is 10.7 Å². The van der Waals surface area contributed by atoms with Gasteiger partial charge in [0.1, 0.15) is 11.6 Å². The van der Waals surface area contributed by atoms with E-state index in [9.17, 15) is 14.9 Å². The maximum absolute atomic E-state index is 12.4. The molecule has 7 heteroatoms. The molecular weight excluding hydrogens is 390 g/mol. The van der Waals surface area contributed by atoms with Gasteiger partial charge >= 0.3 is 5.97 Å². The van der Waals surface area contributed by atoms with Crippen molar-refractivity contribution in [2.24, 2.45) is 0 Å². The normalized spacial score (nSPS) is 12.2. The fourth-order valence-corrected chi connectivity index (χ4v) is 3.01. The minimum Gasteiger partial charge on any atom is -0.448 e. The minimum absolute atomic E-state index is 0.159. The molecule has 29 heavy (non-hydrogen) atoms. The number of anilines is 1. The first kappa shape index (κ1) is 22.3. The Morgan fingerprint density at radius 3 is 2.55 bits per heavy atom. The SMILES string of the molecule is CCCn1c(C)cc(/C=C(\C#N)C(=O)OC(C)C(=O)Nc2ccc(Cl)cc2)c1C. The van der Waals surface area contributed by atoms with E-state index in [1.807, 2.05) is 26.0 Å². The highest BCUT2D eigenvalue weighted by Crippen LogP contribution is 2.19. The Kier molecular flexibility index (Phi) is 7.63. The van der Waals surface area contributed by atoms with Crippen molar-refractivity contribution in [1.82, 2.24) is 4.57 Å². The van der Waals surface area contributed by atoms with Gasteiger partial charge in [-0.25, -0.2) is 4.79 Å².